The molecule has 3 aliphatic rings. The van der Waals surface area contributed by atoms with Gasteiger partial charge in [-0.15, -0.1) is 0 Å². The Labute approximate surface area is 285 Å². The molecule has 0 spiro atoms. The molecule has 7 nitrogen and oxygen atoms in total. The van der Waals surface area contributed by atoms with E-state index in [4.69, 9.17) is 4.74 Å². The van der Waals surface area contributed by atoms with Gasteiger partial charge in [-0.2, -0.15) is 0 Å². The molecule has 1 amide bonds. The maximum Gasteiger partial charge on any atom is 1.00 e. The van der Waals surface area contributed by atoms with E-state index < -0.39 is 23.5 Å². The summed E-state index contributed by atoms with van der Waals surface area (Å²) in [6.45, 7) is 4.70. The third-order valence-electron chi connectivity index (χ3n) is 9.39. The number of ether oxygens (including phenoxy) is 1. The molecular weight excluding hydrogens is 587 g/mol. The zero-order chi connectivity index (χ0) is 30.8. The normalized spacial score (nSPS) is 17.6. The van der Waals surface area contributed by atoms with Gasteiger partial charge in [-0.05, 0) is 92.2 Å². The predicted molar refractivity (Wildman–Crippen MR) is 161 cm³/mol. The molecule has 0 radical (unpaired) electrons. The van der Waals surface area contributed by atoms with Gasteiger partial charge in [0.25, 0.3) is 0 Å². The van der Waals surface area contributed by atoms with E-state index in [9.17, 15) is 19.1 Å². The zero-order valence-electron chi connectivity index (χ0n) is 26.1. The van der Waals surface area contributed by atoms with Crippen LogP contribution >= 0.6 is 0 Å². The molecule has 3 fully saturated rings. The van der Waals surface area contributed by atoms with Crippen LogP contribution in [0.2, 0.25) is 0 Å². The van der Waals surface area contributed by atoms with Crippen LogP contribution in [-0.4, -0.2) is 47.9 Å². The second-order valence-electron chi connectivity index (χ2n) is 12.5. The van der Waals surface area contributed by atoms with Crippen molar-refractivity contribution in [1.82, 2.24) is 9.88 Å². The van der Waals surface area contributed by atoms with E-state index >= 15 is 4.39 Å². The fourth-order valence-electron chi connectivity index (χ4n) is 6.44. The molecule has 0 atom stereocenters. The van der Waals surface area contributed by atoms with E-state index in [0.29, 0.717) is 61.6 Å². The maximum atomic E-state index is 15.1. The topological polar surface area (TPSA) is 85.8 Å². The molecule has 3 aromatic rings. The van der Waals surface area contributed by atoms with Crippen LogP contribution < -0.4 is 44.3 Å². The van der Waals surface area contributed by atoms with E-state index in [1.54, 1.807) is 18.2 Å². The van der Waals surface area contributed by atoms with Crippen molar-refractivity contribution in [1.29, 1.82) is 0 Å². The molecule has 0 unspecified atom stereocenters. The Balaban J connectivity index is 0.00000400. The summed E-state index contributed by atoms with van der Waals surface area (Å²) >= 11 is 0. The summed E-state index contributed by atoms with van der Waals surface area (Å²) in [5.74, 6) is -1.23. The zero-order valence-corrected chi connectivity index (χ0v) is 28.1. The number of benzene rings is 2. The van der Waals surface area contributed by atoms with Gasteiger partial charge in [-0.3, -0.25) is 4.79 Å². The van der Waals surface area contributed by atoms with Crippen LogP contribution in [0.3, 0.4) is 0 Å². The molecule has 10 heteroatoms. The maximum absolute atomic E-state index is 15.1. The Bertz CT molecular complexity index is 1530. The molecule has 3 heterocycles. The predicted octanol–water partition coefficient (Wildman–Crippen LogP) is 2.39. The number of carboxylic acids is 1. The number of likely N-dealkylation sites (tertiary alicyclic amines) is 1. The van der Waals surface area contributed by atoms with Gasteiger partial charge in [0, 0.05) is 56.1 Å². The van der Waals surface area contributed by atoms with E-state index in [1.807, 2.05) is 22.8 Å². The van der Waals surface area contributed by atoms with Crippen molar-refractivity contribution >= 4 is 17.7 Å². The Morgan fingerprint density at radius 1 is 0.956 bits per heavy atom. The number of carbonyl (C=O) groups excluding carboxylic acids is 2. The number of carbonyl (C=O) groups is 2. The summed E-state index contributed by atoms with van der Waals surface area (Å²) in [4.78, 5) is 32.4. The van der Waals surface area contributed by atoms with Gasteiger partial charge in [-0.25, -0.2) is 13.8 Å². The van der Waals surface area contributed by atoms with Crippen LogP contribution in [0.5, 0.6) is 5.75 Å². The van der Waals surface area contributed by atoms with Gasteiger partial charge in [0.1, 0.15) is 18.2 Å². The Hall–Kier alpha value is -3.01. The van der Waals surface area contributed by atoms with Crippen molar-refractivity contribution in [3.63, 3.8) is 0 Å². The Morgan fingerprint density at radius 2 is 1.69 bits per heavy atom. The average Bonchev–Trinajstić information content (AvgIpc) is 3.85. The van der Waals surface area contributed by atoms with Crippen LogP contribution in [0.15, 0.2) is 48.5 Å². The molecule has 1 saturated carbocycles. The monoisotopic (exact) mass is 625 g/mol. The second kappa shape index (κ2) is 14.6. The first-order valence-corrected chi connectivity index (χ1v) is 15.7. The number of anilines is 1. The van der Waals surface area contributed by atoms with Crippen molar-refractivity contribution in [2.24, 2.45) is 11.8 Å². The number of nitrogens with zero attached hydrogens (tertiary/aromatic N) is 3. The molecule has 0 N–H and O–H groups in total. The van der Waals surface area contributed by atoms with Gasteiger partial charge < -0.3 is 24.4 Å². The third kappa shape index (κ3) is 8.05. The SMILES string of the molecule is Cc1cc(C2CCN(C(=O)CC3CC3)CC2)ccc1COc1c(F)cc(F)cc1-c1cccc(N2CCC(C(=O)[O-])CC2)n1.[Na+]. The number of halogens is 2. The number of pyridine rings is 1. The molecule has 6 rings (SSSR count). The van der Waals surface area contributed by atoms with Crippen LogP contribution in [0.4, 0.5) is 14.6 Å². The summed E-state index contributed by atoms with van der Waals surface area (Å²) < 4.78 is 35.6. The van der Waals surface area contributed by atoms with E-state index in [2.05, 4.69) is 17.1 Å². The van der Waals surface area contributed by atoms with Crippen molar-refractivity contribution in [2.45, 2.75) is 64.4 Å². The number of aryl methyl sites for hydroxylation is 1. The summed E-state index contributed by atoms with van der Waals surface area (Å²) in [7, 11) is 0. The van der Waals surface area contributed by atoms with Crippen molar-refractivity contribution in [2.75, 3.05) is 31.1 Å². The number of amides is 1. The van der Waals surface area contributed by atoms with Crippen LogP contribution in [0.1, 0.15) is 67.6 Å². The van der Waals surface area contributed by atoms with Crippen LogP contribution in [-0.2, 0) is 16.2 Å². The smallest absolute Gasteiger partial charge is 0.550 e. The largest absolute Gasteiger partial charge is 1.00 e. The van der Waals surface area contributed by atoms with E-state index in [1.165, 1.54) is 24.5 Å². The fourth-order valence-corrected chi connectivity index (χ4v) is 6.44. The molecule has 0 bridgehead atoms. The first kappa shape index (κ1) is 33.4. The van der Waals surface area contributed by atoms with Crippen LogP contribution in [0.25, 0.3) is 11.3 Å². The average molecular weight is 626 g/mol. The standard InChI is InChI=1S/C35H39F2N3O4.Na/c1-22-17-26(24-9-15-40(16-10-24)33(41)18-23-5-6-23)7-8-27(22)21-44-34-29(19-28(36)20-30(34)37)31-3-2-4-32(38-31)39-13-11-25(12-14-39)35(42)43;/h2-4,7-8,17,19-20,23-25H,5-6,9-16,18,21H2,1H3,(H,42,43);/q;+1/p-1. The minimum absolute atomic E-state index is 0. The Kier molecular flexibility index (Phi) is 10.8. The summed E-state index contributed by atoms with van der Waals surface area (Å²) in [5, 5.41) is 11.2. The number of aromatic nitrogens is 1. The number of hydrogen-bond acceptors (Lipinski definition) is 6. The molecule has 2 saturated heterocycles. The number of carboxylic acid groups (broad SMARTS) is 1. The molecular formula is C35H38F2N3NaO4. The first-order chi connectivity index (χ1) is 21.2. The van der Waals surface area contributed by atoms with Crippen molar-refractivity contribution < 1.29 is 57.8 Å². The third-order valence-corrected chi connectivity index (χ3v) is 9.39. The van der Waals surface area contributed by atoms with Gasteiger partial charge >= 0.3 is 29.6 Å². The van der Waals surface area contributed by atoms with Gasteiger partial charge in [0.2, 0.25) is 5.91 Å². The minimum Gasteiger partial charge on any atom is -0.550 e. The number of piperidine rings is 2. The number of hydrogen-bond donors (Lipinski definition) is 0. The van der Waals surface area contributed by atoms with E-state index in [-0.39, 0.29) is 47.5 Å². The first-order valence-electron chi connectivity index (χ1n) is 15.7. The summed E-state index contributed by atoms with van der Waals surface area (Å²) in [5.41, 5.74) is 3.74. The molecule has 1 aromatic heterocycles. The summed E-state index contributed by atoms with van der Waals surface area (Å²) in [6, 6.07) is 13.5. The van der Waals surface area contributed by atoms with Crippen molar-refractivity contribution in [3.05, 3.63) is 76.9 Å². The number of rotatable bonds is 9. The van der Waals surface area contributed by atoms with Gasteiger partial charge in [0.05, 0.1) is 5.69 Å². The molecule has 45 heavy (non-hydrogen) atoms. The quantitative estimate of drug-likeness (QED) is 0.340. The van der Waals surface area contributed by atoms with Gasteiger partial charge in [0.15, 0.2) is 11.6 Å². The minimum atomic E-state index is -1.04. The molecule has 2 aliphatic heterocycles. The molecule has 232 valence electrons. The van der Waals surface area contributed by atoms with E-state index in [0.717, 1.165) is 43.1 Å². The number of aliphatic carboxylic acids is 1. The second-order valence-corrected chi connectivity index (χ2v) is 12.5. The Morgan fingerprint density at radius 3 is 2.36 bits per heavy atom. The van der Waals surface area contributed by atoms with Gasteiger partial charge in [-0.1, -0.05) is 24.3 Å². The molecule has 1 aliphatic carbocycles. The summed E-state index contributed by atoms with van der Waals surface area (Å²) in [6.07, 6.45) is 5.86. The molecule has 2 aromatic carbocycles. The van der Waals surface area contributed by atoms with Crippen molar-refractivity contribution in [3.8, 4) is 17.0 Å². The fraction of sp³-hybridized carbons (Fsp3) is 0.457. The van der Waals surface area contributed by atoms with Crippen LogP contribution in [0, 0.1) is 30.4 Å².